The van der Waals surface area contributed by atoms with E-state index in [0.717, 1.165) is 17.1 Å². The number of rotatable bonds is 3. The molecule has 0 aliphatic carbocycles. The van der Waals surface area contributed by atoms with Gasteiger partial charge in [-0.1, -0.05) is 6.07 Å². The van der Waals surface area contributed by atoms with Crippen molar-refractivity contribution < 1.29 is 0 Å². The van der Waals surface area contributed by atoms with Crippen LogP contribution < -0.4 is 0 Å². The molecule has 0 unspecified atom stereocenters. The summed E-state index contributed by atoms with van der Waals surface area (Å²) < 4.78 is 5.95. The predicted octanol–water partition coefficient (Wildman–Crippen LogP) is 2.24. The molecular weight excluding hydrogens is 264 g/mol. The van der Waals surface area contributed by atoms with Crippen molar-refractivity contribution in [2.45, 2.75) is 0 Å². The van der Waals surface area contributed by atoms with Gasteiger partial charge in [0.05, 0.1) is 36.0 Å². The Morgan fingerprint density at radius 3 is 1.52 bits per heavy atom. The molecule has 3 heterocycles. The summed E-state index contributed by atoms with van der Waals surface area (Å²) in [5, 5.41) is 0. The van der Waals surface area contributed by atoms with Gasteiger partial charge < -0.3 is 13.7 Å². The molecule has 0 saturated heterocycles. The Kier molecular flexibility index (Phi) is 2.64. The van der Waals surface area contributed by atoms with Crippen LogP contribution in [0.25, 0.3) is 17.1 Å². The molecule has 0 amide bonds. The van der Waals surface area contributed by atoms with E-state index in [2.05, 4.69) is 27.1 Å². The van der Waals surface area contributed by atoms with Crippen LogP contribution >= 0.6 is 0 Å². The molecule has 6 nitrogen and oxygen atoms in total. The normalized spacial score (nSPS) is 10.9. The standard InChI is InChI=1S/C15H12N6/c1-2-13(19-7-4-16-10-19)15(21-9-6-18-12-21)14(3-1)20-8-5-17-11-20/h1-12H. The highest BCUT2D eigenvalue weighted by atomic mass is 15.1. The fraction of sp³-hybridized carbons (Fsp3) is 0. The Morgan fingerprint density at radius 1 is 0.619 bits per heavy atom. The summed E-state index contributed by atoms with van der Waals surface area (Å²) in [6, 6.07) is 6.12. The molecule has 1 aromatic carbocycles. The number of nitrogens with zero attached hydrogens (tertiary/aromatic N) is 6. The quantitative estimate of drug-likeness (QED) is 0.576. The van der Waals surface area contributed by atoms with Gasteiger partial charge in [-0.3, -0.25) is 0 Å². The second-order valence-electron chi connectivity index (χ2n) is 4.55. The summed E-state index contributed by atoms with van der Waals surface area (Å²) in [6.45, 7) is 0. The molecule has 0 fully saturated rings. The van der Waals surface area contributed by atoms with Gasteiger partial charge in [0.1, 0.15) is 0 Å². The summed E-state index contributed by atoms with van der Waals surface area (Å²) in [5.41, 5.74) is 3.07. The van der Waals surface area contributed by atoms with Crippen LogP contribution in [0.3, 0.4) is 0 Å². The first-order valence-electron chi connectivity index (χ1n) is 6.51. The van der Waals surface area contributed by atoms with E-state index in [4.69, 9.17) is 0 Å². The topological polar surface area (TPSA) is 53.5 Å². The van der Waals surface area contributed by atoms with Gasteiger partial charge in [0.2, 0.25) is 0 Å². The first kappa shape index (κ1) is 11.7. The largest absolute Gasteiger partial charge is 0.304 e. The number of imidazole rings is 3. The van der Waals surface area contributed by atoms with E-state index >= 15 is 0 Å². The maximum Gasteiger partial charge on any atom is 0.0993 e. The Bertz CT molecular complexity index is 776. The van der Waals surface area contributed by atoms with Crippen LogP contribution in [0, 0.1) is 0 Å². The highest BCUT2D eigenvalue weighted by Crippen LogP contribution is 2.26. The smallest absolute Gasteiger partial charge is 0.0993 e. The third kappa shape index (κ3) is 1.93. The molecule has 102 valence electrons. The Hall–Kier alpha value is -3.15. The minimum atomic E-state index is 1.02. The van der Waals surface area contributed by atoms with Crippen molar-refractivity contribution in [1.82, 2.24) is 28.7 Å². The molecule has 21 heavy (non-hydrogen) atoms. The van der Waals surface area contributed by atoms with Crippen molar-refractivity contribution in [3.05, 3.63) is 74.4 Å². The van der Waals surface area contributed by atoms with Crippen LogP contribution in [-0.2, 0) is 0 Å². The van der Waals surface area contributed by atoms with Crippen LogP contribution in [0.1, 0.15) is 0 Å². The molecule has 0 radical (unpaired) electrons. The van der Waals surface area contributed by atoms with Crippen molar-refractivity contribution in [2.24, 2.45) is 0 Å². The number of aromatic nitrogens is 6. The minimum Gasteiger partial charge on any atom is -0.304 e. The summed E-state index contributed by atoms with van der Waals surface area (Å²) in [4.78, 5) is 12.4. The summed E-state index contributed by atoms with van der Waals surface area (Å²) >= 11 is 0. The molecule has 0 aliphatic rings. The molecule has 6 heteroatoms. The summed E-state index contributed by atoms with van der Waals surface area (Å²) in [7, 11) is 0. The lowest BCUT2D eigenvalue weighted by Crippen LogP contribution is -2.05. The highest BCUT2D eigenvalue weighted by Gasteiger charge is 2.12. The van der Waals surface area contributed by atoms with Crippen LogP contribution in [-0.4, -0.2) is 28.7 Å². The average molecular weight is 276 g/mol. The first-order chi connectivity index (χ1) is 10.4. The van der Waals surface area contributed by atoms with Crippen LogP contribution in [0.15, 0.2) is 74.4 Å². The van der Waals surface area contributed by atoms with Crippen molar-refractivity contribution in [3.63, 3.8) is 0 Å². The van der Waals surface area contributed by atoms with E-state index in [0.29, 0.717) is 0 Å². The number of para-hydroxylation sites is 1. The highest BCUT2D eigenvalue weighted by molar-refractivity contribution is 5.64. The van der Waals surface area contributed by atoms with E-state index in [-0.39, 0.29) is 0 Å². The zero-order valence-corrected chi connectivity index (χ0v) is 11.1. The Morgan fingerprint density at radius 2 is 1.10 bits per heavy atom. The molecule has 0 saturated carbocycles. The fourth-order valence-corrected chi connectivity index (χ4v) is 2.40. The molecule has 4 aromatic rings. The molecular formula is C15H12N6. The van der Waals surface area contributed by atoms with Crippen LogP contribution in [0.5, 0.6) is 0 Å². The van der Waals surface area contributed by atoms with Crippen molar-refractivity contribution in [3.8, 4) is 17.1 Å². The van der Waals surface area contributed by atoms with Crippen molar-refractivity contribution >= 4 is 0 Å². The van der Waals surface area contributed by atoms with Gasteiger partial charge in [-0.25, -0.2) is 15.0 Å². The lowest BCUT2D eigenvalue weighted by atomic mass is 10.2. The SMILES string of the molecule is c1cc(-n2ccnc2)c(-n2ccnc2)c(-n2ccnc2)c1. The average Bonchev–Trinajstić information content (AvgIpc) is 3.28. The van der Waals surface area contributed by atoms with Crippen LogP contribution in [0.4, 0.5) is 0 Å². The number of benzene rings is 1. The second kappa shape index (κ2) is 4.75. The van der Waals surface area contributed by atoms with E-state index in [1.165, 1.54) is 0 Å². The van der Waals surface area contributed by atoms with Crippen LogP contribution in [0.2, 0.25) is 0 Å². The van der Waals surface area contributed by atoms with Gasteiger partial charge in [-0.2, -0.15) is 0 Å². The van der Waals surface area contributed by atoms with Gasteiger partial charge >= 0.3 is 0 Å². The van der Waals surface area contributed by atoms with Gasteiger partial charge in [-0.05, 0) is 12.1 Å². The van der Waals surface area contributed by atoms with E-state index < -0.39 is 0 Å². The van der Waals surface area contributed by atoms with Gasteiger partial charge in [0.15, 0.2) is 0 Å². The van der Waals surface area contributed by atoms with E-state index in [9.17, 15) is 0 Å². The maximum absolute atomic E-state index is 4.16. The lowest BCUT2D eigenvalue weighted by molar-refractivity contribution is 0.947. The maximum atomic E-state index is 4.16. The Labute approximate surface area is 121 Å². The third-order valence-electron chi connectivity index (χ3n) is 3.32. The van der Waals surface area contributed by atoms with E-state index in [1.807, 2.05) is 38.4 Å². The van der Waals surface area contributed by atoms with Crippen molar-refractivity contribution in [1.29, 1.82) is 0 Å². The van der Waals surface area contributed by atoms with Crippen molar-refractivity contribution in [2.75, 3.05) is 0 Å². The first-order valence-corrected chi connectivity index (χ1v) is 6.51. The zero-order valence-electron chi connectivity index (χ0n) is 11.1. The monoisotopic (exact) mass is 276 g/mol. The molecule has 0 spiro atoms. The molecule has 0 atom stereocenters. The molecule has 0 aliphatic heterocycles. The molecule has 4 rings (SSSR count). The molecule has 0 N–H and O–H groups in total. The van der Waals surface area contributed by atoms with Gasteiger partial charge in [0, 0.05) is 37.2 Å². The lowest BCUT2D eigenvalue weighted by Gasteiger charge is -2.16. The Balaban J connectivity index is 2.03. The molecule has 3 aromatic heterocycles. The zero-order chi connectivity index (χ0) is 14.1. The fourth-order valence-electron chi connectivity index (χ4n) is 2.40. The number of hydrogen-bond donors (Lipinski definition) is 0. The molecule has 0 bridgehead atoms. The second-order valence-corrected chi connectivity index (χ2v) is 4.55. The number of hydrogen-bond acceptors (Lipinski definition) is 3. The minimum absolute atomic E-state index is 1.02. The third-order valence-corrected chi connectivity index (χ3v) is 3.32. The van der Waals surface area contributed by atoms with Gasteiger partial charge in [-0.15, -0.1) is 0 Å². The van der Waals surface area contributed by atoms with Gasteiger partial charge in [0.25, 0.3) is 0 Å². The predicted molar refractivity (Wildman–Crippen MR) is 77.8 cm³/mol. The summed E-state index contributed by atoms with van der Waals surface area (Å²) in [5.74, 6) is 0. The van der Waals surface area contributed by atoms with E-state index in [1.54, 1.807) is 37.6 Å². The summed E-state index contributed by atoms with van der Waals surface area (Å²) in [6.07, 6.45) is 16.4.